The van der Waals surface area contributed by atoms with Gasteiger partial charge in [-0.1, -0.05) is 24.3 Å². The van der Waals surface area contributed by atoms with Crippen molar-refractivity contribution >= 4 is 5.91 Å². The molecule has 0 aromatic heterocycles. The maximum Gasteiger partial charge on any atom is 0.253 e. The molecule has 1 heterocycles. The minimum Gasteiger partial charge on any atom is -0.494 e. The van der Waals surface area contributed by atoms with Gasteiger partial charge in [0.05, 0.1) is 6.61 Å². The maximum absolute atomic E-state index is 13.3. The molecule has 0 saturated carbocycles. The number of benzene rings is 2. The first kappa shape index (κ1) is 16.5. The topological polar surface area (TPSA) is 29.5 Å². The van der Waals surface area contributed by atoms with E-state index in [0.29, 0.717) is 18.1 Å². The van der Waals surface area contributed by atoms with Gasteiger partial charge < -0.3 is 9.64 Å². The van der Waals surface area contributed by atoms with Crippen LogP contribution >= 0.6 is 0 Å². The standard InChI is InChI=1S/C20H22FNO2/c21-18-6-4-5-17(15-18)20(23)22-12-9-16(10-13-22)11-14-24-19-7-2-1-3-8-19/h1-8,15-16H,9-14H2. The molecule has 3 rings (SSSR count). The molecule has 0 radical (unpaired) electrons. The van der Waals surface area contributed by atoms with Crippen LogP contribution < -0.4 is 4.74 Å². The molecule has 1 aliphatic rings. The van der Waals surface area contributed by atoms with Crippen molar-refractivity contribution < 1.29 is 13.9 Å². The minimum absolute atomic E-state index is 0.0755. The molecule has 24 heavy (non-hydrogen) atoms. The van der Waals surface area contributed by atoms with E-state index in [1.165, 1.54) is 12.1 Å². The summed E-state index contributed by atoms with van der Waals surface area (Å²) in [5, 5.41) is 0. The molecular weight excluding hydrogens is 305 g/mol. The summed E-state index contributed by atoms with van der Waals surface area (Å²) in [5.74, 6) is 1.03. The molecule has 1 amide bonds. The lowest BCUT2D eigenvalue weighted by atomic mass is 9.93. The van der Waals surface area contributed by atoms with Gasteiger partial charge in [-0.25, -0.2) is 4.39 Å². The summed E-state index contributed by atoms with van der Waals surface area (Å²) in [6.45, 7) is 2.16. The molecule has 0 N–H and O–H groups in total. The van der Waals surface area contributed by atoms with E-state index in [2.05, 4.69) is 0 Å². The zero-order valence-corrected chi connectivity index (χ0v) is 13.7. The predicted octanol–water partition coefficient (Wildman–Crippen LogP) is 4.15. The highest BCUT2D eigenvalue weighted by Crippen LogP contribution is 2.22. The normalized spacial score (nSPS) is 15.3. The van der Waals surface area contributed by atoms with Crippen molar-refractivity contribution in [2.24, 2.45) is 5.92 Å². The molecular formula is C20H22FNO2. The largest absolute Gasteiger partial charge is 0.494 e. The monoisotopic (exact) mass is 327 g/mol. The third-order valence-electron chi connectivity index (χ3n) is 4.51. The van der Waals surface area contributed by atoms with Crippen LogP contribution in [0.2, 0.25) is 0 Å². The van der Waals surface area contributed by atoms with Crippen LogP contribution in [0.15, 0.2) is 54.6 Å². The number of piperidine rings is 1. The Balaban J connectivity index is 1.43. The summed E-state index contributed by atoms with van der Waals surface area (Å²) in [5.41, 5.74) is 0.431. The zero-order chi connectivity index (χ0) is 16.8. The van der Waals surface area contributed by atoms with E-state index in [0.717, 1.165) is 38.1 Å². The molecule has 4 heteroatoms. The molecule has 1 aliphatic heterocycles. The Hall–Kier alpha value is -2.36. The van der Waals surface area contributed by atoms with Gasteiger partial charge in [0.25, 0.3) is 5.91 Å². The van der Waals surface area contributed by atoms with E-state index in [9.17, 15) is 9.18 Å². The number of hydrogen-bond donors (Lipinski definition) is 0. The summed E-state index contributed by atoms with van der Waals surface area (Å²) in [7, 11) is 0. The third kappa shape index (κ3) is 4.34. The molecule has 0 atom stereocenters. The molecule has 3 nitrogen and oxygen atoms in total. The van der Waals surface area contributed by atoms with Crippen molar-refractivity contribution in [3.8, 4) is 5.75 Å². The number of carbonyl (C=O) groups excluding carboxylic acids is 1. The van der Waals surface area contributed by atoms with Gasteiger partial charge in [0, 0.05) is 18.7 Å². The zero-order valence-electron chi connectivity index (χ0n) is 13.7. The fourth-order valence-electron chi connectivity index (χ4n) is 3.09. The predicted molar refractivity (Wildman–Crippen MR) is 91.6 cm³/mol. The smallest absolute Gasteiger partial charge is 0.253 e. The Morgan fingerprint density at radius 2 is 1.83 bits per heavy atom. The summed E-state index contributed by atoms with van der Waals surface area (Å²) in [4.78, 5) is 14.2. The summed E-state index contributed by atoms with van der Waals surface area (Å²) in [6.07, 6.45) is 2.94. The second-order valence-electron chi connectivity index (χ2n) is 6.20. The lowest BCUT2D eigenvalue weighted by Gasteiger charge is -2.32. The van der Waals surface area contributed by atoms with Gasteiger partial charge in [-0.3, -0.25) is 4.79 Å². The van der Waals surface area contributed by atoms with E-state index in [1.54, 1.807) is 12.1 Å². The SMILES string of the molecule is O=C(c1cccc(F)c1)N1CCC(CCOc2ccccc2)CC1. The molecule has 126 valence electrons. The number of ether oxygens (including phenoxy) is 1. The summed E-state index contributed by atoms with van der Waals surface area (Å²) < 4.78 is 19.0. The molecule has 0 unspecified atom stereocenters. The van der Waals surface area contributed by atoms with Crippen LogP contribution in [0.5, 0.6) is 5.75 Å². The van der Waals surface area contributed by atoms with E-state index in [4.69, 9.17) is 4.74 Å². The van der Waals surface area contributed by atoms with Gasteiger partial charge in [0.2, 0.25) is 0 Å². The lowest BCUT2D eigenvalue weighted by molar-refractivity contribution is 0.0679. The van der Waals surface area contributed by atoms with Crippen LogP contribution in [0, 0.1) is 11.7 Å². The van der Waals surface area contributed by atoms with Crippen molar-refractivity contribution in [2.75, 3.05) is 19.7 Å². The van der Waals surface area contributed by atoms with Crippen molar-refractivity contribution in [3.63, 3.8) is 0 Å². The van der Waals surface area contributed by atoms with Crippen LogP contribution in [0.4, 0.5) is 4.39 Å². The Labute approximate surface area is 142 Å². The van der Waals surface area contributed by atoms with E-state index in [1.807, 2.05) is 35.2 Å². The van der Waals surface area contributed by atoms with Gasteiger partial charge >= 0.3 is 0 Å². The molecule has 2 aromatic rings. The highest BCUT2D eigenvalue weighted by atomic mass is 19.1. The molecule has 2 aromatic carbocycles. The average Bonchev–Trinajstić information content (AvgIpc) is 2.63. The molecule has 0 bridgehead atoms. The van der Waals surface area contributed by atoms with Crippen LogP contribution in [0.25, 0.3) is 0 Å². The summed E-state index contributed by atoms with van der Waals surface area (Å²) >= 11 is 0. The van der Waals surface area contributed by atoms with Crippen molar-refractivity contribution in [1.29, 1.82) is 0 Å². The fourth-order valence-corrected chi connectivity index (χ4v) is 3.09. The number of carbonyl (C=O) groups is 1. The maximum atomic E-state index is 13.3. The number of halogens is 1. The molecule has 0 spiro atoms. The molecule has 1 fully saturated rings. The Bertz CT molecular complexity index is 666. The molecule has 1 saturated heterocycles. The Morgan fingerprint density at radius 1 is 1.08 bits per heavy atom. The number of para-hydroxylation sites is 1. The first-order chi connectivity index (χ1) is 11.7. The van der Waals surface area contributed by atoms with Crippen molar-refractivity contribution in [1.82, 2.24) is 4.90 Å². The first-order valence-electron chi connectivity index (χ1n) is 8.45. The number of likely N-dealkylation sites (tertiary alicyclic amines) is 1. The number of hydrogen-bond acceptors (Lipinski definition) is 2. The van der Waals surface area contributed by atoms with Gasteiger partial charge in [0.15, 0.2) is 0 Å². The highest BCUT2D eigenvalue weighted by molar-refractivity contribution is 5.94. The molecule has 0 aliphatic carbocycles. The minimum atomic E-state index is -0.367. The number of rotatable bonds is 5. The van der Waals surface area contributed by atoms with Crippen molar-refractivity contribution in [2.45, 2.75) is 19.3 Å². The van der Waals surface area contributed by atoms with Crippen LogP contribution in [0.1, 0.15) is 29.6 Å². The Kier molecular flexibility index (Phi) is 5.47. The van der Waals surface area contributed by atoms with Crippen LogP contribution in [-0.2, 0) is 0 Å². The second-order valence-corrected chi connectivity index (χ2v) is 6.20. The third-order valence-corrected chi connectivity index (χ3v) is 4.51. The Morgan fingerprint density at radius 3 is 2.54 bits per heavy atom. The van der Waals surface area contributed by atoms with Gasteiger partial charge in [-0.05, 0) is 55.5 Å². The van der Waals surface area contributed by atoms with Gasteiger partial charge in [-0.15, -0.1) is 0 Å². The highest BCUT2D eigenvalue weighted by Gasteiger charge is 2.23. The summed E-state index contributed by atoms with van der Waals surface area (Å²) in [6, 6.07) is 15.7. The van der Waals surface area contributed by atoms with E-state index < -0.39 is 0 Å². The van der Waals surface area contributed by atoms with Crippen LogP contribution in [-0.4, -0.2) is 30.5 Å². The first-order valence-corrected chi connectivity index (χ1v) is 8.45. The number of nitrogens with zero attached hydrogens (tertiary/aromatic N) is 1. The number of amides is 1. The van der Waals surface area contributed by atoms with Crippen LogP contribution in [0.3, 0.4) is 0 Å². The quantitative estimate of drug-likeness (QED) is 0.826. The van der Waals surface area contributed by atoms with Crippen molar-refractivity contribution in [3.05, 3.63) is 66.0 Å². The lowest BCUT2D eigenvalue weighted by Crippen LogP contribution is -2.38. The second kappa shape index (κ2) is 7.95. The van der Waals surface area contributed by atoms with Gasteiger partial charge in [-0.2, -0.15) is 0 Å². The van der Waals surface area contributed by atoms with E-state index >= 15 is 0 Å². The fraction of sp³-hybridized carbons (Fsp3) is 0.350. The average molecular weight is 327 g/mol. The van der Waals surface area contributed by atoms with Gasteiger partial charge in [0.1, 0.15) is 11.6 Å². The van der Waals surface area contributed by atoms with E-state index in [-0.39, 0.29) is 11.7 Å².